The minimum absolute atomic E-state index is 0.490. The van der Waals surface area contributed by atoms with E-state index in [0.717, 1.165) is 12.1 Å². The van der Waals surface area contributed by atoms with Gasteiger partial charge in [0, 0.05) is 5.75 Å². The molecule has 0 aromatic heterocycles. The van der Waals surface area contributed by atoms with Gasteiger partial charge in [-0.2, -0.15) is 34.6 Å². The highest BCUT2D eigenvalue weighted by molar-refractivity contribution is 7.80. The molecule has 0 amide bonds. The summed E-state index contributed by atoms with van der Waals surface area (Å²) < 4.78 is 64.3. The maximum Gasteiger partial charge on any atom is 0.499 e. The fourth-order valence-electron chi connectivity index (χ4n) is 1.04. The number of rotatable bonds is 4. The van der Waals surface area contributed by atoms with Crippen LogP contribution in [-0.2, 0) is 0 Å². The second-order valence-electron chi connectivity index (χ2n) is 3.27. The van der Waals surface area contributed by atoms with Crippen molar-refractivity contribution < 1.29 is 26.7 Å². The van der Waals surface area contributed by atoms with Crippen molar-refractivity contribution in [2.75, 3.05) is 5.75 Å². The van der Waals surface area contributed by atoms with Crippen molar-refractivity contribution in [3.63, 3.8) is 0 Å². The molecule has 0 aliphatic rings. The first kappa shape index (κ1) is 14.8. The van der Waals surface area contributed by atoms with Gasteiger partial charge in [0.1, 0.15) is 5.75 Å². The van der Waals surface area contributed by atoms with Crippen molar-refractivity contribution in [1.29, 1.82) is 0 Å². The summed E-state index contributed by atoms with van der Waals surface area (Å²) in [7, 11) is 0. The van der Waals surface area contributed by atoms with Crippen molar-refractivity contribution in [3.05, 3.63) is 35.9 Å². The average molecular weight is 284 g/mol. The van der Waals surface area contributed by atoms with Gasteiger partial charge in [0.25, 0.3) is 0 Å². The lowest BCUT2D eigenvalue weighted by Gasteiger charge is -2.20. The summed E-state index contributed by atoms with van der Waals surface area (Å²) in [6.07, 6.45) is -7.59. The molecule has 0 saturated heterocycles. The Balaban J connectivity index is 2.78. The van der Waals surface area contributed by atoms with Gasteiger partial charge in [0.2, 0.25) is 0 Å². The fourth-order valence-corrected chi connectivity index (χ4v) is 1.15. The van der Waals surface area contributed by atoms with Gasteiger partial charge < -0.3 is 4.74 Å². The summed E-state index contributed by atoms with van der Waals surface area (Å²) in [6.45, 7) is 0. The van der Waals surface area contributed by atoms with Crippen LogP contribution >= 0.6 is 12.6 Å². The highest BCUT2D eigenvalue weighted by Crippen LogP contribution is 2.37. The Hall–Kier alpha value is -1.24. The molecule has 18 heavy (non-hydrogen) atoms. The lowest BCUT2D eigenvalue weighted by atomic mass is 10.2. The summed E-state index contributed by atoms with van der Waals surface area (Å²) in [5.74, 6) is -0.0648. The first-order valence-electron chi connectivity index (χ1n) is 4.77. The lowest BCUT2D eigenvalue weighted by molar-refractivity contribution is -0.360. The highest BCUT2D eigenvalue weighted by Gasteiger charge is 2.61. The Morgan fingerprint density at radius 3 is 2.06 bits per heavy atom. The predicted molar refractivity (Wildman–Crippen MR) is 61.0 cm³/mol. The fraction of sp³-hybridized carbons (Fsp3) is 0.273. The van der Waals surface area contributed by atoms with Crippen LogP contribution in [-0.4, -0.2) is 18.0 Å². The molecule has 0 fully saturated rings. The van der Waals surface area contributed by atoms with Gasteiger partial charge in [-0.1, -0.05) is 24.3 Å². The van der Waals surface area contributed by atoms with Crippen LogP contribution < -0.4 is 4.74 Å². The number of benzene rings is 1. The van der Waals surface area contributed by atoms with Crippen molar-refractivity contribution in [1.82, 2.24) is 0 Å². The van der Waals surface area contributed by atoms with Crippen LogP contribution in [0.4, 0.5) is 22.0 Å². The molecular formula is C11H9F5OS. The number of halogens is 5. The summed E-state index contributed by atoms with van der Waals surface area (Å²) >= 11 is 3.92. The van der Waals surface area contributed by atoms with E-state index >= 15 is 0 Å². The minimum atomic E-state index is -5.74. The zero-order valence-electron chi connectivity index (χ0n) is 8.92. The van der Waals surface area contributed by atoms with Gasteiger partial charge in [-0.25, -0.2) is 0 Å². The second-order valence-corrected chi connectivity index (χ2v) is 3.64. The molecule has 0 aliphatic heterocycles. The Bertz CT molecular complexity index is 410. The first-order chi connectivity index (χ1) is 8.26. The second kappa shape index (κ2) is 5.60. The van der Waals surface area contributed by atoms with Gasteiger partial charge in [0.05, 0.1) is 0 Å². The first-order valence-corrected chi connectivity index (χ1v) is 5.40. The van der Waals surface area contributed by atoms with Crippen LogP contribution in [0.3, 0.4) is 0 Å². The Kier molecular flexibility index (Phi) is 4.61. The highest BCUT2D eigenvalue weighted by atomic mass is 32.1. The molecule has 0 bridgehead atoms. The van der Waals surface area contributed by atoms with Gasteiger partial charge in [-0.05, 0) is 17.7 Å². The van der Waals surface area contributed by atoms with Crippen LogP contribution in [0.1, 0.15) is 5.56 Å². The lowest BCUT2D eigenvalue weighted by Crippen LogP contribution is -2.41. The molecule has 0 saturated carbocycles. The molecule has 100 valence electrons. The Morgan fingerprint density at radius 2 is 1.61 bits per heavy atom. The van der Waals surface area contributed by atoms with E-state index in [1.807, 2.05) is 0 Å². The van der Waals surface area contributed by atoms with Crippen LogP contribution in [0.15, 0.2) is 30.3 Å². The molecule has 1 rings (SSSR count). The quantitative estimate of drug-likeness (QED) is 0.645. The smallest absolute Gasteiger partial charge is 0.426 e. The summed E-state index contributed by atoms with van der Waals surface area (Å²) in [6, 6.07) is 4.80. The number of thiol groups is 1. The third-order valence-electron chi connectivity index (χ3n) is 1.87. The zero-order chi connectivity index (χ0) is 13.8. The summed E-state index contributed by atoms with van der Waals surface area (Å²) in [5, 5.41) is 0. The Labute approximate surface area is 106 Å². The van der Waals surface area contributed by atoms with E-state index in [1.54, 1.807) is 12.2 Å². The molecule has 0 aliphatic carbocycles. The maximum atomic E-state index is 12.5. The van der Waals surface area contributed by atoms with Gasteiger partial charge in [-0.15, -0.1) is 0 Å². The number of ether oxygens (including phenoxy) is 1. The van der Waals surface area contributed by atoms with Crippen molar-refractivity contribution >= 4 is 18.7 Å². The Morgan fingerprint density at radius 1 is 1.06 bits per heavy atom. The van der Waals surface area contributed by atoms with E-state index in [2.05, 4.69) is 17.4 Å². The zero-order valence-corrected chi connectivity index (χ0v) is 9.81. The maximum absolute atomic E-state index is 12.5. The largest absolute Gasteiger partial charge is 0.499 e. The van der Waals surface area contributed by atoms with Gasteiger partial charge >= 0.3 is 12.3 Å². The van der Waals surface area contributed by atoms with E-state index in [0.29, 0.717) is 11.3 Å². The molecule has 1 nitrogen and oxygen atoms in total. The van der Waals surface area contributed by atoms with Crippen LogP contribution in [0.5, 0.6) is 5.75 Å². The molecule has 1 aromatic rings. The van der Waals surface area contributed by atoms with Gasteiger partial charge in [0.15, 0.2) is 0 Å². The van der Waals surface area contributed by atoms with E-state index in [9.17, 15) is 22.0 Å². The van der Waals surface area contributed by atoms with Crippen LogP contribution in [0.2, 0.25) is 0 Å². The minimum Gasteiger partial charge on any atom is -0.426 e. The number of hydrogen-bond acceptors (Lipinski definition) is 2. The summed E-state index contributed by atoms with van der Waals surface area (Å²) in [4.78, 5) is 0. The van der Waals surface area contributed by atoms with Crippen LogP contribution in [0, 0.1) is 0 Å². The molecule has 0 heterocycles. The van der Waals surface area contributed by atoms with E-state index < -0.39 is 18.0 Å². The predicted octanol–water partition coefficient (Wildman–Crippen LogP) is 4.16. The van der Waals surface area contributed by atoms with Crippen molar-refractivity contribution in [2.45, 2.75) is 12.3 Å². The molecule has 7 heteroatoms. The van der Waals surface area contributed by atoms with E-state index in [-0.39, 0.29) is 0 Å². The number of alkyl halides is 5. The van der Waals surface area contributed by atoms with Gasteiger partial charge in [-0.3, -0.25) is 0 Å². The molecule has 1 aromatic carbocycles. The average Bonchev–Trinajstić information content (AvgIpc) is 2.26. The van der Waals surface area contributed by atoms with Crippen molar-refractivity contribution in [2.24, 2.45) is 0 Å². The van der Waals surface area contributed by atoms with E-state index in [1.165, 1.54) is 12.1 Å². The van der Waals surface area contributed by atoms with E-state index in [4.69, 9.17) is 0 Å². The molecule has 0 unspecified atom stereocenters. The molecule has 0 spiro atoms. The summed E-state index contributed by atoms with van der Waals surface area (Å²) in [5.41, 5.74) is 0.645. The van der Waals surface area contributed by atoms with Crippen LogP contribution in [0.25, 0.3) is 6.08 Å². The molecular weight excluding hydrogens is 275 g/mol. The SMILES string of the molecule is FC(F)(F)C(F)(F)Oc1ccc(C=CCS)cc1. The number of hydrogen-bond donors (Lipinski definition) is 1. The molecule has 0 N–H and O–H groups in total. The molecule has 0 atom stereocenters. The van der Waals surface area contributed by atoms with Crippen molar-refractivity contribution in [3.8, 4) is 5.75 Å². The third kappa shape index (κ3) is 3.90. The standard InChI is InChI=1S/C11H9F5OS/c12-10(13,14)11(15,16)17-9-5-3-8(4-6-9)2-1-7-18/h1-6,18H,7H2. The third-order valence-corrected chi connectivity index (χ3v) is 2.08. The normalized spacial score (nSPS) is 13.0. The molecule has 0 radical (unpaired) electrons. The monoisotopic (exact) mass is 284 g/mol. The topological polar surface area (TPSA) is 9.23 Å².